The van der Waals surface area contributed by atoms with E-state index >= 15 is 0 Å². The first-order chi connectivity index (χ1) is 15.4. The van der Waals surface area contributed by atoms with Gasteiger partial charge in [0.2, 0.25) is 5.91 Å². The third-order valence-corrected chi connectivity index (χ3v) is 5.78. The third-order valence-electron chi connectivity index (χ3n) is 5.78. The van der Waals surface area contributed by atoms with Gasteiger partial charge in [0, 0.05) is 46.8 Å². The van der Waals surface area contributed by atoms with E-state index in [4.69, 9.17) is 18.6 Å². The van der Waals surface area contributed by atoms with Crippen LogP contribution in [0.3, 0.4) is 0 Å². The van der Waals surface area contributed by atoms with Crippen molar-refractivity contribution in [3.05, 3.63) is 47.7 Å². The lowest BCUT2D eigenvalue weighted by molar-refractivity contribution is -0.125. The van der Waals surface area contributed by atoms with Crippen molar-refractivity contribution < 1.29 is 23.4 Å². The molecule has 0 aliphatic heterocycles. The molecule has 6 nitrogen and oxygen atoms in total. The average molecular weight is 438 g/mol. The van der Waals surface area contributed by atoms with Gasteiger partial charge in [-0.1, -0.05) is 0 Å². The van der Waals surface area contributed by atoms with Crippen LogP contribution in [0, 0.1) is 6.92 Å². The van der Waals surface area contributed by atoms with Crippen LogP contribution < -0.4 is 14.2 Å². The summed E-state index contributed by atoms with van der Waals surface area (Å²) in [4.78, 5) is 14.5. The Hall–Kier alpha value is -3.41. The van der Waals surface area contributed by atoms with E-state index in [0.717, 1.165) is 44.5 Å². The van der Waals surface area contributed by atoms with E-state index < -0.39 is 0 Å². The van der Waals surface area contributed by atoms with Crippen LogP contribution in [0.15, 0.2) is 41.0 Å². The highest BCUT2D eigenvalue weighted by molar-refractivity contribution is 6.02. The molecule has 0 saturated heterocycles. The number of hydrogen-bond donors (Lipinski definition) is 0. The monoisotopic (exact) mass is 437 g/mol. The van der Waals surface area contributed by atoms with Crippen molar-refractivity contribution in [3.8, 4) is 28.4 Å². The lowest BCUT2D eigenvalue weighted by Crippen LogP contribution is -2.28. The Labute approximate surface area is 189 Å². The van der Waals surface area contributed by atoms with Crippen LogP contribution >= 0.6 is 0 Å². The van der Waals surface area contributed by atoms with Crippen LogP contribution in [0.25, 0.3) is 27.7 Å². The van der Waals surface area contributed by atoms with Gasteiger partial charge in [-0.3, -0.25) is 4.79 Å². The molecular formula is C26H31NO5. The van der Waals surface area contributed by atoms with Gasteiger partial charge in [-0.15, -0.1) is 0 Å². The van der Waals surface area contributed by atoms with E-state index in [1.165, 1.54) is 0 Å². The van der Waals surface area contributed by atoms with Crippen molar-refractivity contribution in [1.29, 1.82) is 0 Å². The molecule has 0 fully saturated rings. The standard InChI is InChI=1S/C26H31NO5/c1-8-27(9-2)24(28)12-16(3)19-14-21-22(15-32-26(21)17(4)25(19)31-7)20-13-18(29-5)10-11-23(20)30-6/h10-15H,8-9H2,1-7H3/b16-12+. The molecule has 1 heterocycles. The zero-order valence-corrected chi connectivity index (χ0v) is 19.9. The molecule has 32 heavy (non-hydrogen) atoms. The maximum absolute atomic E-state index is 12.7. The number of methoxy groups -OCH3 is 3. The minimum Gasteiger partial charge on any atom is -0.497 e. The summed E-state index contributed by atoms with van der Waals surface area (Å²) >= 11 is 0. The summed E-state index contributed by atoms with van der Waals surface area (Å²) in [5.41, 5.74) is 5.02. The van der Waals surface area contributed by atoms with Gasteiger partial charge in [-0.25, -0.2) is 0 Å². The molecule has 0 atom stereocenters. The smallest absolute Gasteiger partial charge is 0.246 e. The summed E-state index contributed by atoms with van der Waals surface area (Å²) < 4.78 is 22.7. The number of carbonyl (C=O) groups excluding carboxylic acids is 1. The van der Waals surface area contributed by atoms with E-state index in [9.17, 15) is 4.79 Å². The van der Waals surface area contributed by atoms with Gasteiger partial charge in [-0.05, 0) is 57.5 Å². The molecule has 0 aliphatic rings. The number of benzene rings is 2. The lowest BCUT2D eigenvalue weighted by atomic mass is 9.96. The van der Waals surface area contributed by atoms with Gasteiger partial charge in [0.05, 0.1) is 27.6 Å². The van der Waals surface area contributed by atoms with Crippen LogP contribution in [0.1, 0.15) is 31.9 Å². The third kappa shape index (κ3) is 4.17. The summed E-state index contributed by atoms with van der Waals surface area (Å²) in [7, 11) is 4.90. The molecule has 1 aromatic heterocycles. The summed E-state index contributed by atoms with van der Waals surface area (Å²) in [5, 5.41) is 0.910. The predicted molar refractivity (Wildman–Crippen MR) is 128 cm³/mol. The minimum atomic E-state index is -0.0193. The molecule has 3 aromatic rings. The quantitative estimate of drug-likeness (QED) is 0.423. The Morgan fingerprint density at radius 3 is 2.34 bits per heavy atom. The molecule has 0 saturated carbocycles. The van der Waals surface area contributed by atoms with Gasteiger partial charge in [-0.2, -0.15) is 0 Å². The molecule has 170 valence electrons. The van der Waals surface area contributed by atoms with Crippen LogP contribution in [0.2, 0.25) is 0 Å². The molecule has 0 spiro atoms. The SMILES string of the molecule is CCN(CC)C(=O)/C=C(\C)c1cc2c(-c3cc(OC)ccc3OC)coc2c(C)c1OC. The molecule has 6 heteroatoms. The van der Waals surface area contributed by atoms with Gasteiger partial charge >= 0.3 is 0 Å². The molecular weight excluding hydrogens is 406 g/mol. The van der Waals surface area contributed by atoms with Crippen LogP contribution in [0.4, 0.5) is 0 Å². The molecule has 0 unspecified atom stereocenters. The van der Waals surface area contributed by atoms with Gasteiger partial charge < -0.3 is 23.5 Å². The Kier molecular flexibility index (Phi) is 7.13. The first kappa shape index (κ1) is 23.3. The number of rotatable bonds is 8. The fourth-order valence-electron chi connectivity index (χ4n) is 3.99. The molecule has 3 rings (SSSR count). The number of ether oxygens (including phenoxy) is 3. The van der Waals surface area contributed by atoms with Gasteiger partial charge in [0.15, 0.2) is 0 Å². The maximum Gasteiger partial charge on any atom is 0.246 e. The van der Waals surface area contributed by atoms with Crippen molar-refractivity contribution in [3.63, 3.8) is 0 Å². The van der Waals surface area contributed by atoms with Crippen LogP contribution in [-0.2, 0) is 4.79 Å². The van der Waals surface area contributed by atoms with Crippen LogP contribution in [-0.4, -0.2) is 45.2 Å². The molecule has 0 radical (unpaired) electrons. The summed E-state index contributed by atoms with van der Waals surface area (Å²) in [5.74, 6) is 2.11. The van der Waals surface area contributed by atoms with Crippen molar-refractivity contribution in [1.82, 2.24) is 4.90 Å². The van der Waals surface area contributed by atoms with Crippen molar-refractivity contribution in [2.75, 3.05) is 34.4 Å². The lowest BCUT2D eigenvalue weighted by Gasteiger charge is -2.18. The predicted octanol–water partition coefficient (Wildman–Crippen LogP) is 5.71. The summed E-state index contributed by atoms with van der Waals surface area (Å²) in [6, 6.07) is 7.67. The highest BCUT2D eigenvalue weighted by Gasteiger charge is 2.21. The fraction of sp³-hybridized carbons (Fsp3) is 0.346. The molecule has 0 bridgehead atoms. The van der Waals surface area contributed by atoms with Crippen molar-refractivity contribution in [2.24, 2.45) is 0 Å². The van der Waals surface area contributed by atoms with E-state index in [0.29, 0.717) is 24.6 Å². The first-order valence-electron chi connectivity index (χ1n) is 10.7. The second-order valence-electron chi connectivity index (χ2n) is 7.51. The largest absolute Gasteiger partial charge is 0.497 e. The molecule has 2 aromatic carbocycles. The highest BCUT2D eigenvalue weighted by Crippen LogP contribution is 2.43. The van der Waals surface area contributed by atoms with Gasteiger partial charge in [0.25, 0.3) is 0 Å². The van der Waals surface area contributed by atoms with Crippen LogP contribution in [0.5, 0.6) is 17.2 Å². The average Bonchev–Trinajstić information content (AvgIpc) is 3.23. The zero-order chi connectivity index (χ0) is 23.4. The van der Waals surface area contributed by atoms with Crippen molar-refractivity contribution >= 4 is 22.4 Å². The Bertz CT molecular complexity index is 1150. The number of allylic oxidation sites excluding steroid dienone is 1. The normalized spacial score (nSPS) is 11.5. The van der Waals surface area contributed by atoms with E-state index in [-0.39, 0.29) is 5.91 Å². The summed E-state index contributed by atoms with van der Waals surface area (Å²) in [6.07, 6.45) is 3.39. The first-order valence-corrected chi connectivity index (χ1v) is 10.7. The van der Waals surface area contributed by atoms with Crippen molar-refractivity contribution in [2.45, 2.75) is 27.7 Å². The second kappa shape index (κ2) is 9.81. The second-order valence-corrected chi connectivity index (χ2v) is 7.51. The summed E-state index contributed by atoms with van der Waals surface area (Å²) in [6.45, 7) is 9.16. The molecule has 0 N–H and O–H groups in total. The van der Waals surface area contributed by atoms with E-state index in [2.05, 4.69) is 0 Å². The Balaban J connectivity index is 2.24. The fourth-order valence-corrected chi connectivity index (χ4v) is 3.99. The number of amides is 1. The topological polar surface area (TPSA) is 61.1 Å². The number of likely N-dealkylation sites (N-methyl/N-ethyl adjacent to an activating group) is 1. The Morgan fingerprint density at radius 2 is 1.75 bits per heavy atom. The number of aryl methyl sites for hydroxylation is 1. The minimum absolute atomic E-state index is 0.0193. The van der Waals surface area contributed by atoms with E-state index in [1.807, 2.05) is 52.0 Å². The molecule has 0 aliphatic carbocycles. The number of fused-ring (bicyclic) bond motifs is 1. The highest BCUT2D eigenvalue weighted by atomic mass is 16.5. The number of hydrogen-bond acceptors (Lipinski definition) is 5. The zero-order valence-electron chi connectivity index (χ0n) is 19.9. The number of furan rings is 1. The number of nitrogens with zero attached hydrogens (tertiary/aromatic N) is 1. The van der Waals surface area contributed by atoms with Gasteiger partial charge in [0.1, 0.15) is 22.8 Å². The number of carbonyl (C=O) groups is 1. The maximum atomic E-state index is 12.7. The van der Waals surface area contributed by atoms with E-state index in [1.54, 1.807) is 38.6 Å². The molecule has 1 amide bonds. The Morgan fingerprint density at radius 1 is 1.03 bits per heavy atom.